The average Bonchev–Trinajstić information content (AvgIpc) is 2.89. The number of aromatic nitrogens is 2. The highest BCUT2D eigenvalue weighted by atomic mass is 16.2. The van der Waals surface area contributed by atoms with Gasteiger partial charge < -0.3 is 15.2 Å². The molecule has 1 unspecified atom stereocenters. The van der Waals surface area contributed by atoms with E-state index in [1.165, 1.54) is 0 Å². The van der Waals surface area contributed by atoms with Crippen molar-refractivity contribution in [2.24, 2.45) is 0 Å². The van der Waals surface area contributed by atoms with E-state index in [1.54, 1.807) is 18.1 Å². The van der Waals surface area contributed by atoms with Gasteiger partial charge in [0.2, 0.25) is 0 Å². The van der Waals surface area contributed by atoms with Crippen LogP contribution in [0, 0.1) is 0 Å². The fourth-order valence-corrected chi connectivity index (χ4v) is 2.27. The quantitative estimate of drug-likeness (QED) is 0.826. The molecule has 2 N–H and O–H groups in total. The van der Waals surface area contributed by atoms with Gasteiger partial charge in [0, 0.05) is 31.2 Å². The molecular weight excluding hydrogens is 228 g/mol. The summed E-state index contributed by atoms with van der Waals surface area (Å²) in [4.78, 5) is 20.9. The third kappa shape index (κ3) is 1.55. The summed E-state index contributed by atoms with van der Waals surface area (Å²) in [6, 6.07) is 3.67. The number of hydrogen-bond donors (Lipinski definition) is 2. The molecule has 18 heavy (non-hydrogen) atoms. The van der Waals surface area contributed by atoms with Crippen LogP contribution in [0.3, 0.4) is 0 Å². The third-order valence-corrected chi connectivity index (χ3v) is 3.34. The largest absolute Gasteiger partial charge is 0.360 e. The maximum atomic E-state index is 12.0. The molecule has 92 valence electrons. The average molecular weight is 242 g/mol. The number of carbonyl (C=O) groups excluding carboxylic acids is 1. The summed E-state index contributed by atoms with van der Waals surface area (Å²) in [5.74, 6) is 0.709. The number of nitrogens with one attached hydrogen (secondary N) is 2. The SMILES string of the molecule is C=C1NC(Cc2c[nH]c3ncccc23)C(=O)N1C. The summed E-state index contributed by atoms with van der Waals surface area (Å²) < 4.78 is 0. The van der Waals surface area contributed by atoms with Crippen molar-refractivity contribution in [1.29, 1.82) is 0 Å². The summed E-state index contributed by atoms with van der Waals surface area (Å²) in [5.41, 5.74) is 1.94. The highest BCUT2D eigenvalue weighted by molar-refractivity contribution is 5.87. The predicted molar refractivity (Wildman–Crippen MR) is 68.6 cm³/mol. The molecule has 5 heteroatoms. The van der Waals surface area contributed by atoms with Crippen molar-refractivity contribution in [3.63, 3.8) is 0 Å². The second kappa shape index (κ2) is 3.87. The molecular formula is C13H14N4O. The van der Waals surface area contributed by atoms with Crippen molar-refractivity contribution in [2.75, 3.05) is 7.05 Å². The van der Waals surface area contributed by atoms with Crippen LogP contribution in [0.15, 0.2) is 36.9 Å². The Morgan fingerprint density at radius 3 is 3.11 bits per heavy atom. The van der Waals surface area contributed by atoms with Gasteiger partial charge in [-0.2, -0.15) is 0 Å². The van der Waals surface area contributed by atoms with Gasteiger partial charge in [0.1, 0.15) is 17.5 Å². The monoisotopic (exact) mass is 242 g/mol. The fraction of sp³-hybridized carbons (Fsp3) is 0.231. The Morgan fingerprint density at radius 1 is 1.56 bits per heavy atom. The summed E-state index contributed by atoms with van der Waals surface area (Å²) in [7, 11) is 1.73. The molecule has 5 nitrogen and oxygen atoms in total. The van der Waals surface area contributed by atoms with Gasteiger partial charge in [0.05, 0.1) is 0 Å². The van der Waals surface area contributed by atoms with Gasteiger partial charge >= 0.3 is 0 Å². The standard InChI is InChI=1S/C13H14N4O/c1-8-16-11(13(18)17(8)2)6-9-7-15-12-10(9)4-3-5-14-12/h3-5,7,11,16H,1,6H2,2H3,(H,14,15). The van der Waals surface area contributed by atoms with Crippen molar-refractivity contribution >= 4 is 16.9 Å². The minimum absolute atomic E-state index is 0.0539. The lowest BCUT2D eigenvalue weighted by Crippen LogP contribution is -2.30. The highest BCUT2D eigenvalue weighted by Gasteiger charge is 2.31. The number of rotatable bonds is 2. The number of likely N-dealkylation sites (N-methyl/N-ethyl adjacent to an activating group) is 1. The summed E-state index contributed by atoms with van der Waals surface area (Å²) in [6.45, 7) is 3.80. The number of pyridine rings is 1. The number of carbonyl (C=O) groups is 1. The molecule has 0 saturated carbocycles. The van der Waals surface area contributed by atoms with Crippen LogP contribution in [0.25, 0.3) is 11.0 Å². The van der Waals surface area contributed by atoms with Crippen LogP contribution >= 0.6 is 0 Å². The molecule has 2 aromatic rings. The van der Waals surface area contributed by atoms with Crippen molar-refractivity contribution in [3.05, 3.63) is 42.5 Å². The van der Waals surface area contributed by atoms with Gasteiger partial charge in [-0.05, 0) is 17.7 Å². The van der Waals surface area contributed by atoms with Gasteiger partial charge in [-0.1, -0.05) is 6.58 Å². The molecule has 0 aliphatic carbocycles. The number of hydrogen-bond acceptors (Lipinski definition) is 3. The van der Waals surface area contributed by atoms with Crippen molar-refractivity contribution < 1.29 is 4.79 Å². The minimum Gasteiger partial charge on any atom is -0.360 e. The molecule has 3 heterocycles. The molecule has 1 atom stereocenters. The lowest BCUT2D eigenvalue weighted by molar-refractivity contribution is -0.127. The molecule has 0 bridgehead atoms. The zero-order valence-electron chi connectivity index (χ0n) is 10.1. The van der Waals surface area contributed by atoms with E-state index in [0.717, 1.165) is 16.6 Å². The van der Waals surface area contributed by atoms with E-state index in [2.05, 4.69) is 21.9 Å². The lowest BCUT2D eigenvalue weighted by Gasteiger charge is -2.07. The highest BCUT2D eigenvalue weighted by Crippen LogP contribution is 2.20. The van der Waals surface area contributed by atoms with E-state index >= 15 is 0 Å². The Labute approximate surface area is 105 Å². The summed E-state index contributed by atoms with van der Waals surface area (Å²) in [5, 5.41) is 4.17. The van der Waals surface area contributed by atoms with E-state index < -0.39 is 0 Å². The summed E-state index contributed by atoms with van der Waals surface area (Å²) in [6.07, 6.45) is 4.29. The second-order valence-corrected chi connectivity index (χ2v) is 4.46. The number of amides is 1. The molecule has 1 fully saturated rings. The maximum absolute atomic E-state index is 12.0. The number of aromatic amines is 1. The minimum atomic E-state index is -0.235. The number of H-pyrrole nitrogens is 1. The van der Waals surface area contributed by atoms with Crippen molar-refractivity contribution in [2.45, 2.75) is 12.5 Å². The Morgan fingerprint density at radius 2 is 2.39 bits per heavy atom. The fourth-order valence-electron chi connectivity index (χ4n) is 2.27. The van der Waals surface area contributed by atoms with E-state index in [9.17, 15) is 4.79 Å². The zero-order valence-corrected chi connectivity index (χ0v) is 10.1. The van der Waals surface area contributed by atoms with Crippen LogP contribution in [-0.4, -0.2) is 33.9 Å². The molecule has 0 aromatic carbocycles. The Balaban J connectivity index is 1.89. The Kier molecular flexibility index (Phi) is 2.33. The second-order valence-electron chi connectivity index (χ2n) is 4.46. The molecule has 3 rings (SSSR count). The van der Waals surface area contributed by atoms with Gasteiger partial charge in [0.25, 0.3) is 5.91 Å². The van der Waals surface area contributed by atoms with E-state index in [0.29, 0.717) is 12.2 Å². The van der Waals surface area contributed by atoms with Crippen LogP contribution in [0.4, 0.5) is 0 Å². The first-order chi connectivity index (χ1) is 8.66. The van der Waals surface area contributed by atoms with Crippen molar-refractivity contribution in [1.82, 2.24) is 20.2 Å². The van der Waals surface area contributed by atoms with Crippen LogP contribution < -0.4 is 5.32 Å². The summed E-state index contributed by atoms with van der Waals surface area (Å²) >= 11 is 0. The first-order valence-corrected chi connectivity index (χ1v) is 5.81. The van der Waals surface area contributed by atoms with Crippen LogP contribution in [0.2, 0.25) is 0 Å². The smallest absolute Gasteiger partial charge is 0.250 e. The maximum Gasteiger partial charge on any atom is 0.250 e. The first-order valence-electron chi connectivity index (χ1n) is 5.81. The van der Waals surface area contributed by atoms with E-state index in [-0.39, 0.29) is 11.9 Å². The predicted octanol–water partition coefficient (Wildman–Crippen LogP) is 1.01. The van der Waals surface area contributed by atoms with Gasteiger partial charge in [-0.15, -0.1) is 0 Å². The van der Waals surface area contributed by atoms with Gasteiger partial charge in [-0.3, -0.25) is 4.79 Å². The van der Waals surface area contributed by atoms with E-state index in [1.807, 2.05) is 18.3 Å². The van der Waals surface area contributed by atoms with Gasteiger partial charge in [0.15, 0.2) is 0 Å². The molecule has 1 saturated heterocycles. The van der Waals surface area contributed by atoms with Crippen LogP contribution in [0.5, 0.6) is 0 Å². The number of nitrogens with zero attached hydrogens (tertiary/aromatic N) is 2. The molecule has 0 spiro atoms. The van der Waals surface area contributed by atoms with Crippen molar-refractivity contribution in [3.8, 4) is 0 Å². The number of fused-ring (bicyclic) bond motifs is 1. The molecule has 2 aromatic heterocycles. The normalized spacial score (nSPS) is 19.6. The molecule has 0 radical (unpaired) electrons. The third-order valence-electron chi connectivity index (χ3n) is 3.34. The van der Waals surface area contributed by atoms with Gasteiger partial charge in [-0.25, -0.2) is 4.98 Å². The Hall–Kier alpha value is -2.30. The molecule has 1 amide bonds. The first kappa shape index (κ1) is 10.8. The van der Waals surface area contributed by atoms with Crippen LogP contribution in [0.1, 0.15) is 5.56 Å². The molecule has 1 aliphatic heterocycles. The van der Waals surface area contributed by atoms with E-state index in [4.69, 9.17) is 0 Å². The van der Waals surface area contributed by atoms with Crippen LogP contribution in [-0.2, 0) is 11.2 Å². The lowest BCUT2D eigenvalue weighted by atomic mass is 10.1. The topological polar surface area (TPSA) is 61.0 Å². The molecule has 1 aliphatic rings. The Bertz CT molecular complexity index is 631. The zero-order chi connectivity index (χ0) is 12.7.